The Morgan fingerprint density at radius 3 is 2.30 bits per heavy atom. The van der Waals surface area contributed by atoms with Gasteiger partial charge >= 0.3 is 0 Å². The molecule has 33 heavy (non-hydrogen) atoms. The van der Waals surface area contributed by atoms with E-state index in [9.17, 15) is 4.79 Å². The summed E-state index contributed by atoms with van der Waals surface area (Å²) in [6.07, 6.45) is 0.957. The molecule has 0 fully saturated rings. The van der Waals surface area contributed by atoms with E-state index in [-0.39, 0.29) is 17.1 Å². The Labute approximate surface area is 199 Å². The van der Waals surface area contributed by atoms with Crippen LogP contribution in [0.15, 0.2) is 78.9 Å². The van der Waals surface area contributed by atoms with Crippen LogP contribution in [0.5, 0.6) is 17.2 Å². The number of para-hydroxylation sites is 1. The van der Waals surface area contributed by atoms with Crippen LogP contribution in [-0.2, 0) is 0 Å². The highest BCUT2D eigenvalue weighted by molar-refractivity contribution is 7.80. The van der Waals surface area contributed by atoms with E-state index in [1.54, 1.807) is 18.2 Å². The van der Waals surface area contributed by atoms with Gasteiger partial charge in [0.05, 0.1) is 6.10 Å². The Bertz CT molecular complexity index is 1060. The molecule has 0 bridgehead atoms. The predicted molar refractivity (Wildman–Crippen MR) is 134 cm³/mol. The number of hydrogen-bond acceptors (Lipinski definition) is 5. The van der Waals surface area contributed by atoms with Gasteiger partial charge in [0.2, 0.25) is 0 Å². The molecule has 3 aromatic carbocycles. The van der Waals surface area contributed by atoms with Gasteiger partial charge in [-0.3, -0.25) is 10.1 Å². The number of thiocarbonyl (C=S) groups is 1. The molecule has 0 spiro atoms. The molecule has 3 aromatic rings. The van der Waals surface area contributed by atoms with Crippen molar-refractivity contribution in [2.24, 2.45) is 0 Å². The van der Waals surface area contributed by atoms with Crippen molar-refractivity contribution in [1.82, 2.24) is 5.32 Å². The normalized spacial score (nSPS) is 11.2. The van der Waals surface area contributed by atoms with Gasteiger partial charge in [0.15, 0.2) is 5.11 Å². The molecule has 0 aliphatic carbocycles. The van der Waals surface area contributed by atoms with E-state index in [2.05, 4.69) is 10.6 Å². The number of carbonyl (C=O) groups excluding carboxylic acids is 1. The highest BCUT2D eigenvalue weighted by Gasteiger charge is 2.10. The second-order valence-corrected chi connectivity index (χ2v) is 7.72. The highest BCUT2D eigenvalue weighted by atomic mass is 32.1. The lowest BCUT2D eigenvalue weighted by atomic mass is 10.2. The molecule has 2 N–H and O–H groups in total. The molecule has 0 saturated heterocycles. The fourth-order valence-corrected chi connectivity index (χ4v) is 3.07. The summed E-state index contributed by atoms with van der Waals surface area (Å²) in [6.45, 7) is 4.86. The molecule has 0 aliphatic heterocycles. The molecule has 172 valence electrons. The summed E-state index contributed by atoms with van der Waals surface area (Å²) in [7, 11) is 0. The summed E-state index contributed by atoms with van der Waals surface area (Å²) in [5, 5.41) is 5.90. The molecule has 1 unspecified atom stereocenters. The molecule has 0 aromatic heterocycles. The first kappa shape index (κ1) is 24.1. The molecule has 3 rings (SSSR count). The number of hydrogen-bond donors (Lipinski definition) is 2. The van der Waals surface area contributed by atoms with Gasteiger partial charge in [0.25, 0.3) is 5.91 Å². The van der Waals surface area contributed by atoms with Gasteiger partial charge in [-0.25, -0.2) is 0 Å². The van der Waals surface area contributed by atoms with E-state index in [4.69, 9.17) is 26.4 Å². The van der Waals surface area contributed by atoms with Gasteiger partial charge in [-0.1, -0.05) is 37.3 Å². The average molecular weight is 465 g/mol. The standard InChI is InChI=1S/C26H28N2O4S/c1-3-19(2)32-24-14-7-9-20(17-24)25(29)28-26(33)27-21-10-8-13-23(18-21)31-16-15-30-22-11-5-4-6-12-22/h4-14,17-19H,3,15-16H2,1-2H3,(H2,27,28,29,33). The lowest BCUT2D eigenvalue weighted by Gasteiger charge is -2.14. The SMILES string of the molecule is CCC(C)Oc1cccc(C(=O)NC(=S)Nc2cccc(OCCOc3ccccc3)c2)c1. The molecule has 1 amide bonds. The Morgan fingerprint density at radius 2 is 1.55 bits per heavy atom. The van der Waals surface area contributed by atoms with Crippen molar-refractivity contribution in [1.29, 1.82) is 0 Å². The van der Waals surface area contributed by atoms with Gasteiger partial charge in [0.1, 0.15) is 30.5 Å². The summed E-state index contributed by atoms with van der Waals surface area (Å²) in [5.41, 5.74) is 1.17. The van der Waals surface area contributed by atoms with E-state index in [0.717, 1.165) is 12.2 Å². The van der Waals surface area contributed by atoms with Crippen LogP contribution in [0.3, 0.4) is 0 Å². The summed E-state index contributed by atoms with van der Waals surface area (Å²) < 4.78 is 17.2. The van der Waals surface area contributed by atoms with Gasteiger partial charge in [-0.05, 0) is 68.0 Å². The van der Waals surface area contributed by atoms with Crippen molar-refractivity contribution in [3.8, 4) is 17.2 Å². The minimum Gasteiger partial charge on any atom is -0.491 e. The third-order valence-electron chi connectivity index (χ3n) is 4.69. The fourth-order valence-electron chi connectivity index (χ4n) is 2.86. The second-order valence-electron chi connectivity index (χ2n) is 7.31. The molecule has 0 aliphatic rings. The van der Waals surface area contributed by atoms with E-state index in [0.29, 0.717) is 36.0 Å². The van der Waals surface area contributed by atoms with Gasteiger partial charge in [-0.15, -0.1) is 0 Å². The Morgan fingerprint density at radius 1 is 0.879 bits per heavy atom. The van der Waals surface area contributed by atoms with Crippen LogP contribution in [0.4, 0.5) is 5.69 Å². The molecule has 1 atom stereocenters. The summed E-state index contributed by atoms with van der Waals surface area (Å²) in [4.78, 5) is 12.6. The largest absolute Gasteiger partial charge is 0.491 e. The zero-order valence-corrected chi connectivity index (χ0v) is 19.6. The minimum atomic E-state index is -0.312. The maximum Gasteiger partial charge on any atom is 0.257 e. The lowest BCUT2D eigenvalue weighted by molar-refractivity contribution is 0.0977. The van der Waals surface area contributed by atoms with Crippen LogP contribution >= 0.6 is 12.2 Å². The monoisotopic (exact) mass is 464 g/mol. The van der Waals surface area contributed by atoms with E-state index < -0.39 is 0 Å². The van der Waals surface area contributed by atoms with E-state index >= 15 is 0 Å². The van der Waals surface area contributed by atoms with E-state index in [1.165, 1.54) is 0 Å². The maximum absolute atomic E-state index is 12.6. The number of nitrogens with one attached hydrogen (secondary N) is 2. The van der Waals surface area contributed by atoms with Crippen LogP contribution < -0.4 is 24.8 Å². The molecule has 7 heteroatoms. The van der Waals surface area contributed by atoms with Crippen LogP contribution in [0.1, 0.15) is 30.6 Å². The average Bonchev–Trinajstić information content (AvgIpc) is 2.83. The summed E-state index contributed by atoms with van der Waals surface area (Å²) >= 11 is 5.30. The lowest BCUT2D eigenvalue weighted by Crippen LogP contribution is -2.34. The molecule has 6 nitrogen and oxygen atoms in total. The molecule has 0 radical (unpaired) electrons. The maximum atomic E-state index is 12.6. The van der Waals surface area contributed by atoms with Crippen molar-refractivity contribution in [3.63, 3.8) is 0 Å². The second kappa shape index (κ2) is 12.5. The molecular formula is C26H28N2O4S. The Hall–Kier alpha value is -3.58. The van der Waals surface area contributed by atoms with Gasteiger partial charge in [-0.2, -0.15) is 0 Å². The number of ether oxygens (including phenoxy) is 3. The number of rotatable bonds is 10. The van der Waals surface area contributed by atoms with Gasteiger partial charge < -0.3 is 19.5 Å². The van der Waals surface area contributed by atoms with Crippen LogP contribution in [0.25, 0.3) is 0 Å². The third kappa shape index (κ3) is 8.12. The van der Waals surface area contributed by atoms with Crippen molar-refractivity contribution < 1.29 is 19.0 Å². The first-order chi connectivity index (χ1) is 16.0. The predicted octanol–water partition coefficient (Wildman–Crippen LogP) is 5.45. The zero-order valence-electron chi connectivity index (χ0n) is 18.7. The van der Waals surface area contributed by atoms with Crippen LogP contribution in [-0.4, -0.2) is 30.3 Å². The Kier molecular flexibility index (Phi) is 9.08. The van der Waals surface area contributed by atoms with Crippen molar-refractivity contribution in [2.75, 3.05) is 18.5 Å². The first-order valence-electron chi connectivity index (χ1n) is 10.8. The number of benzene rings is 3. The van der Waals surface area contributed by atoms with E-state index in [1.807, 2.05) is 74.5 Å². The molecule has 0 heterocycles. The molecular weight excluding hydrogens is 436 g/mol. The van der Waals surface area contributed by atoms with Crippen LogP contribution in [0.2, 0.25) is 0 Å². The fraction of sp³-hybridized carbons (Fsp3) is 0.231. The van der Waals surface area contributed by atoms with Crippen molar-refractivity contribution in [2.45, 2.75) is 26.4 Å². The number of amides is 1. The summed E-state index contributed by atoms with van der Waals surface area (Å²) in [5.74, 6) is 1.81. The highest BCUT2D eigenvalue weighted by Crippen LogP contribution is 2.18. The Balaban J connectivity index is 1.48. The zero-order chi connectivity index (χ0) is 23.5. The summed E-state index contributed by atoms with van der Waals surface area (Å²) in [6, 6.07) is 23.9. The topological polar surface area (TPSA) is 68.8 Å². The quantitative estimate of drug-likeness (QED) is 0.307. The van der Waals surface area contributed by atoms with Gasteiger partial charge in [0, 0.05) is 17.3 Å². The van der Waals surface area contributed by atoms with Crippen molar-refractivity contribution in [3.05, 3.63) is 84.4 Å². The molecule has 0 saturated carbocycles. The van der Waals surface area contributed by atoms with Crippen LogP contribution in [0, 0.1) is 0 Å². The number of carbonyl (C=O) groups is 1. The smallest absolute Gasteiger partial charge is 0.257 e. The van der Waals surface area contributed by atoms with Crippen molar-refractivity contribution >= 4 is 28.9 Å². The number of anilines is 1. The third-order valence-corrected chi connectivity index (χ3v) is 4.90. The first-order valence-corrected chi connectivity index (χ1v) is 11.2. The minimum absolute atomic E-state index is 0.0745.